The second-order valence-electron chi connectivity index (χ2n) is 4.17. The van der Waals surface area contributed by atoms with Crippen LogP contribution in [0.2, 0.25) is 0 Å². The molecule has 0 atom stereocenters. The molecule has 0 aromatic heterocycles. The molecule has 1 aliphatic rings. The standard InChI is InChI=1S/C9H15NO2S2/c1-9(2,6-13)5-10-7(11)3-4-14-8(10)12/h13H,3-6H2,1-2H3. The van der Waals surface area contributed by atoms with Crippen LogP contribution in [0.5, 0.6) is 0 Å². The van der Waals surface area contributed by atoms with Crippen LogP contribution in [0.25, 0.3) is 0 Å². The molecule has 1 fully saturated rings. The Morgan fingerprint density at radius 3 is 2.64 bits per heavy atom. The Kier molecular flexibility index (Phi) is 3.89. The highest BCUT2D eigenvalue weighted by Crippen LogP contribution is 2.25. The summed E-state index contributed by atoms with van der Waals surface area (Å²) in [5.74, 6) is 1.23. The number of carbonyl (C=O) groups is 2. The maximum atomic E-state index is 11.5. The van der Waals surface area contributed by atoms with Crippen LogP contribution in [0.4, 0.5) is 4.79 Å². The summed E-state index contributed by atoms with van der Waals surface area (Å²) in [6, 6.07) is 0. The minimum Gasteiger partial charge on any atom is -0.274 e. The van der Waals surface area contributed by atoms with Crippen molar-refractivity contribution < 1.29 is 9.59 Å². The van der Waals surface area contributed by atoms with Crippen LogP contribution in [0.15, 0.2) is 0 Å². The van der Waals surface area contributed by atoms with Gasteiger partial charge in [-0.25, -0.2) is 0 Å². The van der Waals surface area contributed by atoms with Crippen molar-refractivity contribution in [3.05, 3.63) is 0 Å². The van der Waals surface area contributed by atoms with E-state index in [1.165, 1.54) is 16.7 Å². The molecule has 0 aromatic carbocycles. The Labute approximate surface area is 94.0 Å². The normalized spacial score (nSPS) is 18.9. The first-order valence-corrected chi connectivity index (χ1v) is 6.16. The van der Waals surface area contributed by atoms with Gasteiger partial charge in [-0.1, -0.05) is 25.6 Å². The number of amides is 2. The van der Waals surface area contributed by atoms with Crippen LogP contribution >= 0.6 is 24.4 Å². The van der Waals surface area contributed by atoms with E-state index in [1.807, 2.05) is 13.8 Å². The molecule has 1 heterocycles. The third-order valence-corrected chi connectivity index (χ3v) is 3.81. The highest BCUT2D eigenvalue weighted by Gasteiger charge is 2.31. The van der Waals surface area contributed by atoms with Gasteiger partial charge in [-0.15, -0.1) is 0 Å². The molecule has 5 heteroatoms. The van der Waals surface area contributed by atoms with Crippen LogP contribution in [-0.4, -0.2) is 34.1 Å². The quantitative estimate of drug-likeness (QED) is 0.758. The molecule has 0 N–H and O–H groups in total. The number of carbonyl (C=O) groups excluding carboxylic acids is 2. The van der Waals surface area contributed by atoms with Crippen LogP contribution in [0.1, 0.15) is 20.3 Å². The van der Waals surface area contributed by atoms with Gasteiger partial charge in [-0.3, -0.25) is 14.5 Å². The largest absolute Gasteiger partial charge is 0.288 e. The van der Waals surface area contributed by atoms with Crippen LogP contribution in [0, 0.1) is 5.41 Å². The summed E-state index contributed by atoms with van der Waals surface area (Å²) >= 11 is 5.43. The van der Waals surface area contributed by atoms with E-state index >= 15 is 0 Å². The van der Waals surface area contributed by atoms with Gasteiger partial charge >= 0.3 is 0 Å². The third-order valence-electron chi connectivity index (χ3n) is 2.08. The van der Waals surface area contributed by atoms with Gasteiger partial charge in [0.2, 0.25) is 5.91 Å². The first-order valence-electron chi connectivity index (χ1n) is 4.54. The van der Waals surface area contributed by atoms with E-state index in [9.17, 15) is 9.59 Å². The summed E-state index contributed by atoms with van der Waals surface area (Å²) in [5, 5.41) is -0.115. The molecular weight excluding hydrogens is 218 g/mol. The Morgan fingerprint density at radius 2 is 2.14 bits per heavy atom. The van der Waals surface area contributed by atoms with Gasteiger partial charge < -0.3 is 0 Å². The van der Waals surface area contributed by atoms with Crippen LogP contribution in [-0.2, 0) is 4.79 Å². The highest BCUT2D eigenvalue weighted by molar-refractivity contribution is 8.13. The fourth-order valence-electron chi connectivity index (χ4n) is 1.17. The highest BCUT2D eigenvalue weighted by atomic mass is 32.2. The lowest BCUT2D eigenvalue weighted by Gasteiger charge is -2.31. The van der Waals surface area contributed by atoms with Gasteiger partial charge in [0, 0.05) is 18.7 Å². The fraction of sp³-hybridized carbons (Fsp3) is 0.778. The second-order valence-corrected chi connectivity index (χ2v) is 5.53. The molecule has 0 aromatic rings. The molecule has 0 aliphatic carbocycles. The molecule has 0 saturated carbocycles. The zero-order valence-electron chi connectivity index (χ0n) is 8.45. The van der Waals surface area contributed by atoms with Crippen molar-refractivity contribution in [2.45, 2.75) is 20.3 Å². The number of rotatable bonds is 3. The van der Waals surface area contributed by atoms with E-state index in [0.29, 0.717) is 24.5 Å². The van der Waals surface area contributed by atoms with E-state index in [0.717, 1.165) is 0 Å². The SMILES string of the molecule is CC(C)(CS)CN1C(=O)CCSC1=O. The van der Waals surface area contributed by atoms with Crippen molar-refractivity contribution in [3.63, 3.8) is 0 Å². The lowest BCUT2D eigenvalue weighted by atomic mass is 9.95. The zero-order valence-corrected chi connectivity index (χ0v) is 10.2. The zero-order chi connectivity index (χ0) is 10.8. The molecule has 0 radical (unpaired) electrons. The predicted octanol–water partition coefficient (Wildman–Crippen LogP) is 2.03. The molecule has 1 saturated heterocycles. The lowest BCUT2D eigenvalue weighted by Crippen LogP contribution is -2.44. The van der Waals surface area contributed by atoms with Crippen molar-refractivity contribution in [1.82, 2.24) is 4.90 Å². The van der Waals surface area contributed by atoms with E-state index in [1.54, 1.807) is 0 Å². The van der Waals surface area contributed by atoms with E-state index in [-0.39, 0.29) is 16.6 Å². The summed E-state index contributed by atoms with van der Waals surface area (Å²) in [7, 11) is 0. The van der Waals surface area contributed by atoms with E-state index in [4.69, 9.17) is 0 Å². The van der Waals surface area contributed by atoms with Gasteiger partial charge in [0.05, 0.1) is 0 Å². The first-order chi connectivity index (χ1) is 6.46. The van der Waals surface area contributed by atoms with Crippen molar-refractivity contribution >= 4 is 35.5 Å². The first kappa shape index (κ1) is 11.9. The van der Waals surface area contributed by atoms with Crippen molar-refractivity contribution in [3.8, 4) is 0 Å². The molecule has 14 heavy (non-hydrogen) atoms. The van der Waals surface area contributed by atoms with Gasteiger partial charge in [0.15, 0.2) is 0 Å². The van der Waals surface area contributed by atoms with Crippen LogP contribution < -0.4 is 0 Å². The molecule has 80 valence electrons. The van der Waals surface area contributed by atoms with Gasteiger partial charge in [0.25, 0.3) is 5.24 Å². The summed E-state index contributed by atoms with van der Waals surface area (Å²) in [6.45, 7) is 4.47. The predicted molar refractivity (Wildman–Crippen MR) is 61.8 cm³/mol. The van der Waals surface area contributed by atoms with Crippen molar-refractivity contribution in [2.24, 2.45) is 5.41 Å². The summed E-state index contributed by atoms with van der Waals surface area (Å²) < 4.78 is 0. The molecule has 0 unspecified atom stereocenters. The average Bonchev–Trinajstić information content (AvgIpc) is 2.12. The molecule has 0 spiro atoms. The summed E-state index contributed by atoms with van der Waals surface area (Å²) in [6.07, 6.45) is 0.471. The number of hydrogen-bond acceptors (Lipinski definition) is 4. The molecule has 3 nitrogen and oxygen atoms in total. The average molecular weight is 233 g/mol. The van der Waals surface area contributed by atoms with E-state index < -0.39 is 0 Å². The smallest absolute Gasteiger partial charge is 0.274 e. The Bertz CT molecular complexity index is 237. The van der Waals surface area contributed by atoms with E-state index in [2.05, 4.69) is 12.6 Å². The molecule has 0 bridgehead atoms. The minimum atomic E-state index is -0.115. The maximum Gasteiger partial charge on any atom is 0.288 e. The number of hydrogen-bond donors (Lipinski definition) is 1. The molecule has 1 aliphatic heterocycles. The summed E-state index contributed by atoms with van der Waals surface area (Å²) in [5.41, 5.74) is -0.105. The Hall–Kier alpha value is -0.160. The third kappa shape index (κ3) is 2.92. The topological polar surface area (TPSA) is 37.4 Å². The second kappa shape index (κ2) is 4.57. The van der Waals surface area contributed by atoms with Crippen LogP contribution in [0.3, 0.4) is 0 Å². The monoisotopic (exact) mass is 233 g/mol. The minimum absolute atomic E-state index is 0.0522. The van der Waals surface area contributed by atoms with Gasteiger partial charge in [-0.05, 0) is 11.2 Å². The maximum absolute atomic E-state index is 11.5. The molecule has 2 amide bonds. The van der Waals surface area contributed by atoms with Gasteiger partial charge in [-0.2, -0.15) is 12.6 Å². The number of thiol groups is 1. The molecule has 1 rings (SSSR count). The molecular formula is C9H15NO2S2. The van der Waals surface area contributed by atoms with Gasteiger partial charge in [0.1, 0.15) is 0 Å². The lowest BCUT2D eigenvalue weighted by molar-refractivity contribution is -0.128. The Balaban J connectivity index is 2.65. The number of imide groups is 1. The summed E-state index contributed by atoms with van der Waals surface area (Å²) in [4.78, 5) is 24.3. The number of thioether (sulfide) groups is 1. The van der Waals surface area contributed by atoms with Crippen molar-refractivity contribution in [1.29, 1.82) is 0 Å². The van der Waals surface area contributed by atoms with Crippen molar-refractivity contribution in [2.75, 3.05) is 18.1 Å². The number of nitrogens with zero attached hydrogens (tertiary/aromatic N) is 1. The Morgan fingerprint density at radius 1 is 1.50 bits per heavy atom. The fourth-order valence-corrected chi connectivity index (χ4v) is 2.04.